The molecule has 7 nitrogen and oxygen atoms in total. The average molecular weight is 334 g/mol. The van der Waals surface area contributed by atoms with Crippen molar-refractivity contribution in [3.63, 3.8) is 0 Å². The predicted octanol–water partition coefficient (Wildman–Crippen LogP) is 2.21. The molecule has 1 amide bonds. The quantitative estimate of drug-likeness (QED) is 0.831. The number of amides is 1. The van der Waals surface area contributed by atoms with E-state index in [1.807, 2.05) is 44.2 Å². The number of rotatable bonds is 6. The minimum atomic E-state index is -1.05. The number of carbonyl (C=O) groups is 2. The molecule has 1 aromatic carbocycles. The number of hydrogen-bond acceptors (Lipinski definition) is 5. The minimum Gasteiger partial charge on any atom is -0.480 e. The lowest BCUT2D eigenvalue weighted by Crippen LogP contribution is -2.45. The molecule has 3 atom stereocenters. The summed E-state index contributed by atoms with van der Waals surface area (Å²) in [5.74, 6) is -0.860. The molecule has 2 rings (SSSR count). The van der Waals surface area contributed by atoms with Gasteiger partial charge < -0.3 is 19.9 Å². The molecule has 1 heterocycles. The second-order valence-electron chi connectivity index (χ2n) is 6.00. The number of aliphatic carboxylic acids is 1. The molecular weight excluding hydrogens is 312 g/mol. The molecule has 0 saturated heterocycles. The Balaban J connectivity index is 1.97. The van der Waals surface area contributed by atoms with Crippen LogP contribution in [0, 0.1) is 5.92 Å². The van der Waals surface area contributed by atoms with Crippen LogP contribution in [0.25, 0.3) is 0 Å². The van der Waals surface area contributed by atoms with Crippen molar-refractivity contribution in [1.82, 2.24) is 5.32 Å². The Labute approximate surface area is 140 Å². The highest BCUT2D eigenvalue weighted by Gasteiger charge is 2.37. The summed E-state index contributed by atoms with van der Waals surface area (Å²) in [5.41, 5.74) is 0.878. The van der Waals surface area contributed by atoms with Crippen LogP contribution in [0.15, 0.2) is 35.3 Å². The smallest absolute Gasteiger partial charge is 0.408 e. The molecule has 0 bridgehead atoms. The van der Waals surface area contributed by atoms with Crippen molar-refractivity contribution in [3.8, 4) is 0 Å². The van der Waals surface area contributed by atoms with Gasteiger partial charge in [0.2, 0.25) is 5.90 Å². The van der Waals surface area contributed by atoms with Gasteiger partial charge in [0.05, 0.1) is 0 Å². The Morgan fingerprint density at radius 1 is 1.33 bits per heavy atom. The molecule has 0 fully saturated rings. The lowest BCUT2D eigenvalue weighted by atomic mass is 10.0. The molecular formula is C17H22N2O5. The summed E-state index contributed by atoms with van der Waals surface area (Å²) >= 11 is 0. The first kappa shape index (κ1) is 17.8. The molecule has 2 N–H and O–H groups in total. The predicted molar refractivity (Wildman–Crippen MR) is 87.8 cm³/mol. The van der Waals surface area contributed by atoms with Crippen molar-refractivity contribution < 1.29 is 24.2 Å². The molecule has 0 aliphatic carbocycles. The van der Waals surface area contributed by atoms with Crippen LogP contribution in [-0.2, 0) is 20.9 Å². The number of carboxylic acids is 1. The molecule has 130 valence electrons. The number of benzene rings is 1. The molecule has 1 aromatic rings. The van der Waals surface area contributed by atoms with Crippen LogP contribution < -0.4 is 5.32 Å². The second kappa shape index (κ2) is 7.81. The van der Waals surface area contributed by atoms with Gasteiger partial charge in [-0.15, -0.1) is 0 Å². The first-order chi connectivity index (χ1) is 11.4. The van der Waals surface area contributed by atoms with E-state index in [2.05, 4.69) is 10.3 Å². The normalized spacial score (nSPS) is 20.9. The third-order valence-corrected chi connectivity index (χ3v) is 3.69. The Morgan fingerprint density at radius 2 is 2.00 bits per heavy atom. The molecule has 24 heavy (non-hydrogen) atoms. The first-order valence-corrected chi connectivity index (χ1v) is 7.83. The van der Waals surface area contributed by atoms with Gasteiger partial charge >= 0.3 is 12.1 Å². The van der Waals surface area contributed by atoms with E-state index in [9.17, 15) is 9.59 Å². The highest BCUT2D eigenvalue weighted by atomic mass is 16.6. The fraction of sp³-hybridized carbons (Fsp3) is 0.471. The van der Waals surface area contributed by atoms with Gasteiger partial charge in [0, 0.05) is 0 Å². The van der Waals surface area contributed by atoms with Gasteiger partial charge in [-0.1, -0.05) is 44.2 Å². The van der Waals surface area contributed by atoms with E-state index in [1.165, 1.54) is 0 Å². The van der Waals surface area contributed by atoms with Gasteiger partial charge in [-0.3, -0.25) is 0 Å². The van der Waals surface area contributed by atoms with Crippen LogP contribution in [0.3, 0.4) is 0 Å². The van der Waals surface area contributed by atoms with Crippen LogP contribution in [0.5, 0.6) is 0 Å². The average Bonchev–Trinajstić information content (AvgIpc) is 2.93. The maximum atomic E-state index is 12.0. The highest BCUT2D eigenvalue weighted by Crippen LogP contribution is 2.18. The Bertz CT molecular complexity index is 615. The Kier molecular flexibility index (Phi) is 5.78. The molecule has 0 radical (unpaired) electrons. The van der Waals surface area contributed by atoms with Crippen molar-refractivity contribution >= 4 is 18.0 Å². The summed E-state index contributed by atoms with van der Waals surface area (Å²) in [6, 6.07) is 7.83. The fourth-order valence-electron chi connectivity index (χ4n) is 2.34. The highest BCUT2D eigenvalue weighted by molar-refractivity contribution is 5.90. The summed E-state index contributed by atoms with van der Waals surface area (Å²) < 4.78 is 10.7. The maximum Gasteiger partial charge on any atom is 0.408 e. The Morgan fingerprint density at radius 3 is 2.54 bits per heavy atom. The van der Waals surface area contributed by atoms with Crippen LogP contribution in [-0.4, -0.2) is 41.3 Å². The van der Waals surface area contributed by atoms with Gasteiger partial charge in [0.1, 0.15) is 18.8 Å². The molecule has 0 unspecified atom stereocenters. The van der Waals surface area contributed by atoms with Crippen molar-refractivity contribution in [1.29, 1.82) is 0 Å². The summed E-state index contributed by atoms with van der Waals surface area (Å²) in [6.07, 6.45) is -1.17. The number of hydrogen-bond donors (Lipinski definition) is 2. The van der Waals surface area contributed by atoms with E-state index >= 15 is 0 Å². The Hall–Kier alpha value is -2.57. The van der Waals surface area contributed by atoms with Gasteiger partial charge in [0.15, 0.2) is 6.04 Å². The molecule has 0 saturated carbocycles. The van der Waals surface area contributed by atoms with Crippen molar-refractivity contribution in [3.05, 3.63) is 35.9 Å². The van der Waals surface area contributed by atoms with Crippen LogP contribution >= 0.6 is 0 Å². The number of nitrogens with one attached hydrogen (secondary N) is 1. The summed E-state index contributed by atoms with van der Waals surface area (Å²) in [5, 5.41) is 11.8. The lowest BCUT2D eigenvalue weighted by molar-refractivity contribution is -0.139. The zero-order chi connectivity index (χ0) is 17.7. The summed E-state index contributed by atoms with van der Waals surface area (Å²) in [4.78, 5) is 27.2. The fourth-order valence-corrected chi connectivity index (χ4v) is 2.34. The van der Waals surface area contributed by atoms with Crippen LogP contribution in [0.1, 0.15) is 26.3 Å². The molecule has 1 aliphatic heterocycles. The first-order valence-electron chi connectivity index (χ1n) is 7.83. The third kappa shape index (κ3) is 4.47. The topological polar surface area (TPSA) is 97.2 Å². The van der Waals surface area contributed by atoms with E-state index < -0.39 is 30.3 Å². The number of aliphatic imine (C=N–C) groups is 1. The number of nitrogens with zero attached hydrogens (tertiary/aromatic N) is 1. The van der Waals surface area contributed by atoms with Crippen molar-refractivity contribution in [2.45, 2.75) is 45.6 Å². The molecule has 7 heteroatoms. The second-order valence-corrected chi connectivity index (χ2v) is 6.00. The summed E-state index contributed by atoms with van der Waals surface area (Å²) in [7, 11) is 0. The zero-order valence-corrected chi connectivity index (χ0v) is 13.9. The molecule has 0 spiro atoms. The molecule has 0 aromatic heterocycles. The van der Waals surface area contributed by atoms with Gasteiger partial charge in [0.25, 0.3) is 0 Å². The van der Waals surface area contributed by atoms with E-state index in [0.29, 0.717) is 0 Å². The van der Waals surface area contributed by atoms with E-state index in [0.717, 1.165) is 5.56 Å². The zero-order valence-electron chi connectivity index (χ0n) is 13.9. The van der Waals surface area contributed by atoms with Crippen LogP contribution in [0.4, 0.5) is 4.79 Å². The van der Waals surface area contributed by atoms with Crippen LogP contribution in [0.2, 0.25) is 0 Å². The van der Waals surface area contributed by atoms with E-state index in [4.69, 9.17) is 14.6 Å². The minimum absolute atomic E-state index is 0.0345. The number of carboxylic acid groups (broad SMARTS) is 1. The number of carbonyl (C=O) groups excluding carboxylic acids is 1. The largest absolute Gasteiger partial charge is 0.480 e. The monoisotopic (exact) mass is 334 g/mol. The van der Waals surface area contributed by atoms with Gasteiger partial charge in [-0.05, 0) is 18.4 Å². The lowest BCUT2D eigenvalue weighted by Gasteiger charge is -2.22. The SMILES string of the molecule is CC(C)[C@H](NC(=O)OCc1ccccc1)C1=N[C@H](C(=O)O)[C@@H](C)O1. The standard InChI is InChI=1S/C17H22N2O5/c1-10(2)13(15-18-14(16(20)21)11(3)24-15)19-17(22)23-9-12-7-5-4-6-8-12/h4-8,10-11,13-14H,9H2,1-3H3,(H,19,22)(H,20,21)/t11-,13+,14+/m1/s1. The van der Waals surface area contributed by atoms with E-state index in [-0.39, 0.29) is 18.4 Å². The number of ether oxygens (including phenoxy) is 2. The molecule has 1 aliphatic rings. The summed E-state index contributed by atoms with van der Waals surface area (Å²) in [6.45, 7) is 5.55. The van der Waals surface area contributed by atoms with Gasteiger partial charge in [-0.2, -0.15) is 0 Å². The third-order valence-electron chi connectivity index (χ3n) is 3.69. The number of alkyl carbamates (subject to hydrolysis) is 1. The van der Waals surface area contributed by atoms with E-state index in [1.54, 1.807) is 6.92 Å². The maximum absolute atomic E-state index is 12.0. The van der Waals surface area contributed by atoms with Gasteiger partial charge in [-0.25, -0.2) is 14.6 Å². The van der Waals surface area contributed by atoms with Crippen molar-refractivity contribution in [2.24, 2.45) is 10.9 Å². The van der Waals surface area contributed by atoms with Crippen molar-refractivity contribution in [2.75, 3.05) is 0 Å².